The molecular weight excluding hydrogens is 421 g/mol. The van der Waals surface area contributed by atoms with Gasteiger partial charge in [0.15, 0.2) is 0 Å². The van der Waals surface area contributed by atoms with Crippen LogP contribution in [0.25, 0.3) is 38.6 Å². The number of pyridine rings is 2. The Morgan fingerprint density at radius 1 is 0.676 bits per heavy atom. The first-order valence-corrected chi connectivity index (χ1v) is 11.3. The minimum atomic E-state index is -0.203. The lowest BCUT2D eigenvalue weighted by Crippen LogP contribution is -2.53. The topological polar surface area (TPSA) is 49.2 Å². The zero-order valence-corrected chi connectivity index (χ0v) is 18.0. The Hall–Kier alpha value is -4.58. The third-order valence-electron chi connectivity index (χ3n) is 6.86. The molecule has 6 heteroatoms. The van der Waals surface area contributed by atoms with Crippen LogP contribution in [0.4, 0.5) is 0 Å². The number of hydrogen-bond acceptors (Lipinski definition) is 4. The van der Waals surface area contributed by atoms with Crippen LogP contribution in [0.2, 0.25) is 0 Å². The molecule has 0 unspecified atom stereocenters. The van der Waals surface area contributed by atoms with Crippen molar-refractivity contribution in [2.75, 3.05) is 0 Å². The highest BCUT2D eigenvalue weighted by molar-refractivity contribution is 6.84. The van der Waals surface area contributed by atoms with E-state index in [2.05, 4.69) is 57.0 Å². The summed E-state index contributed by atoms with van der Waals surface area (Å²) in [7, 11) is 0. The zero-order chi connectivity index (χ0) is 22.2. The predicted molar refractivity (Wildman–Crippen MR) is 134 cm³/mol. The fourth-order valence-electron chi connectivity index (χ4n) is 5.41. The summed E-state index contributed by atoms with van der Waals surface area (Å²) in [4.78, 5) is 8.73. The summed E-state index contributed by atoms with van der Waals surface area (Å²) >= 11 is 0. The smallest absolute Gasteiger partial charge is 0.434 e. The Morgan fingerprint density at radius 2 is 1.38 bits per heavy atom. The third kappa shape index (κ3) is 2.29. The van der Waals surface area contributed by atoms with Crippen LogP contribution in [0.5, 0.6) is 17.2 Å². The van der Waals surface area contributed by atoms with Gasteiger partial charge in [0, 0.05) is 58.1 Å². The molecule has 158 valence electrons. The Balaban J connectivity index is 1.48. The molecule has 3 aromatic carbocycles. The van der Waals surface area contributed by atoms with E-state index in [9.17, 15) is 0 Å². The van der Waals surface area contributed by atoms with Gasteiger partial charge in [-0.15, -0.1) is 0 Å². The molecule has 0 radical (unpaired) electrons. The van der Waals surface area contributed by atoms with Gasteiger partial charge in [-0.25, -0.2) is 0 Å². The molecule has 0 atom stereocenters. The first-order valence-electron chi connectivity index (χ1n) is 11.3. The van der Waals surface area contributed by atoms with E-state index >= 15 is 0 Å². The van der Waals surface area contributed by atoms with Crippen molar-refractivity contribution in [3.63, 3.8) is 0 Å². The van der Waals surface area contributed by atoms with E-state index < -0.39 is 0 Å². The lowest BCUT2D eigenvalue weighted by molar-refractivity contribution is 0.479. The number of rotatable bonds is 1. The normalized spacial score (nSPS) is 13.1. The first kappa shape index (κ1) is 17.9. The molecule has 0 saturated heterocycles. The van der Waals surface area contributed by atoms with Crippen LogP contribution in [-0.2, 0) is 0 Å². The molecule has 0 bridgehead atoms. The van der Waals surface area contributed by atoms with Crippen molar-refractivity contribution in [1.82, 2.24) is 14.5 Å². The number of nitrogens with zero attached hydrogens (tertiary/aromatic N) is 3. The van der Waals surface area contributed by atoms with Crippen LogP contribution in [0.15, 0.2) is 97.6 Å². The van der Waals surface area contributed by atoms with Gasteiger partial charge >= 0.3 is 6.92 Å². The van der Waals surface area contributed by atoms with Crippen molar-refractivity contribution in [3.8, 4) is 34.1 Å². The summed E-state index contributed by atoms with van der Waals surface area (Å²) in [5.74, 6) is 2.54. The molecule has 2 aliphatic rings. The van der Waals surface area contributed by atoms with E-state index in [1.54, 1.807) is 0 Å². The van der Waals surface area contributed by atoms with E-state index in [1.807, 2.05) is 55.1 Å². The lowest BCUT2D eigenvalue weighted by Gasteiger charge is -2.33. The monoisotopic (exact) mass is 437 g/mol. The number of aromatic nitrogens is 3. The number of para-hydroxylation sites is 2. The molecule has 0 saturated carbocycles. The fraction of sp³-hybridized carbons (Fsp3) is 0. The van der Waals surface area contributed by atoms with Crippen molar-refractivity contribution in [2.45, 2.75) is 0 Å². The average Bonchev–Trinajstić information content (AvgIpc) is 3.23. The number of benzene rings is 3. The van der Waals surface area contributed by atoms with Crippen LogP contribution < -0.4 is 20.3 Å². The SMILES string of the molecule is c1ccc2c(c1)Oc1cc(-n3c4ccncc4c4cnccc43)cc3c1B2Oc1ccccc1-3. The van der Waals surface area contributed by atoms with Gasteiger partial charge in [0.2, 0.25) is 0 Å². The maximum Gasteiger partial charge on any atom is 0.434 e. The highest BCUT2D eigenvalue weighted by atomic mass is 16.5. The Kier molecular flexibility index (Phi) is 3.42. The van der Waals surface area contributed by atoms with Crippen molar-refractivity contribution >= 4 is 39.6 Å². The van der Waals surface area contributed by atoms with Gasteiger partial charge in [0.1, 0.15) is 17.2 Å². The highest BCUT2D eigenvalue weighted by Gasteiger charge is 2.40. The molecule has 0 amide bonds. The summed E-state index contributed by atoms with van der Waals surface area (Å²) in [5.41, 5.74) is 7.52. The molecule has 0 spiro atoms. The quantitative estimate of drug-likeness (QED) is 0.346. The van der Waals surface area contributed by atoms with Crippen LogP contribution in [0.1, 0.15) is 0 Å². The minimum Gasteiger partial charge on any atom is -0.551 e. The van der Waals surface area contributed by atoms with Crippen molar-refractivity contribution in [1.29, 1.82) is 0 Å². The number of hydrogen-bond donors (Lipinski definition) is 0. The van der Waals surface area contributed by atoms with E-state index in [-0.39, 0.29) is 6.92 Å². The molecular formula is C28H16BN3O2. The first-order chi connectivity index (χ1) is 16.9. The van der Waals surface area contributed by atoms with Crippen LogP contribution in [-0.4, -0.2) is 21.5 Å². The van der Waals surface area contributed by atoms with Crippen molar-refractivity contribution in [3.05, 3.63) is 97.6 Å². The van der Waals surface area contributed by atoms with Gasteiger partial charge in [0.05, 0.1) is 16.7 Å². The highest BCUT2D eigenvalue weighted by Crippen LogP contribution is 2.41. The second-order valence-electron chi connectivity index (χ2n) is 8.66. The molecule has 0 N–H and O–H groups in total. The Labute approximate surface area is 195 Å². The molecule has 0 fully saturated rings. The van der Waals surface area contributed by atoms with E-state index in [4.69, 9.17) is 9.39 Å². The fourth-order valence-corrected chi connectivity index (χ4v) is 5.41. The van der Waals surface area contributed by atoms with Gasteiger partial charge in [-0.05, 0) is 35.9 Å². The minimum absolute atomic E-state index is 0.203. The third-order valence-corrected chi connectivity index (χ3v) is 6.86. The Bertz CT molecular complexity index is 1740. The molecule has 5 nitrogen and oxygen atoms in total. The van der Waals surface area contributed by atoms with Crippen LogP contribution >= 0.6 is 0 Å². The van der Waals surface area contributed by atoms with Gasteiger partial charge < -0.3 is 14.0 Å². The second-order valence-corrected chi connectivity index (χ2v) is 8.66. The van der Waals surface area contributed by atoms with Crippen molar-refractivity contribution in [2.24, 2.45) is 0 Å². The number of ether oxygens (including phenoxy) is 1. The molecule has 6 aromatic rings. The molecule has 34 heavy (non-hydrogen) atoms. The van der Waals surface area contributed by atoms with Crippen LogP contribution in [0, 0.1) is 0 Å². The van der Waals surface area contributed by atoms with Gasteiger partial charge in [0.25, 0.3) is 0 Å². The molecule has 8 rings (SSSR count). The maximum absolute atomic E-state index is 6.53. The molecule has 2 aliphatic heterocycles. The van der Waals surface area contributed by atoms with Gasteiger partial charge in [-0.3, -0.25) is 9.97 Å². The van der Waals surface area contributed by atoms with E-state index in [1.165, 1.54) is 0 Å². The van der Waals surface area contributed by atoms with Gasteiger partial charge in [-0.2, -0.15) is 0 Å². The predicted octanol–water partition coefficient (Wildman–Crippen LogP) is 4.84. The summed E-state index contributed by atoms with van der Waals surface area (Å²) in [6.07, 6.45) is 7.48. The maximum atomic E-state index is 6.53. The lowest BCUT2D eigenvalue weighted by atomic mass is 9.51. The largest absolute Gasteiger partial charge is 0.551 e. The standard InChI is InChI=1S/C28H16BN3O2/c1-3-7-25-18(5-1)19-13-17(14-27-28(19)29(34-25)22-6-2-4-8-26(22)33-27)32-23-9-11-30-15-20(23)21-16-31-12-10-24(21)32/h1-16H. The molecule has 3 aromatic heterocycles. The van der Waals surface area contributed by atoms with Gasteiger partial charge in [-0.1, -0.05) is 36.4 Å². The molecule has 0 aliphatic carbocycles. The summed E-state index contributed by atoms with van der Waals surface area (Å²) < 4.78 is 15.3. The average molecular weight is 437 g/mol. The zero-order valence-electron chi connectivity index (χ0n) is 18.0. The summed E-state index contributed by atoms with van der Waals surface area (Å²) in [6.45, 7) is -0.203. The van der Waals surface area contributed by atoms with E-state index in [0.717, 1.165) is 66.8 Å². The second kappa shape index (κ2) is 6.48. The Morgan fingerprint density at radius 3 is 2.18 bits per heavy atom. The summed E-state index contributed by atoms with van der Waals surface area (Å²) in [5, 5.41) is 2.15. The van der Waals surface area contributed by atoms with E-state index in [0.29, 0.717) is 0 Å². The number of fused-ring (bicyclic) bond motifs is 7. The summed E-state index contributed by atoms with van der Waals surface area (Å²) in [6, 6.07) is 24.8. The van der Waals surface area contributed by atoms with Crippen LogP contribution in [0.3, 0.4) is 0 Å². The molecule has 5 heterocycles. The van der Waals surface area contributed by atoms with Crippen molar-refractivity contribution < 1.29 is 9.39 Å².